The largest absolute Gasteiger partial charge is 0.379 e. The van der Waals surface area contributed by atoms with E-state index < -0.39 is 10.0 Å². The number of hydrogen-bond donors (Lipinski definition) is 1. The lowest BCUT2D eigenvalue weighted by Gasteiger charge is -2.16. The molecule has 0 unspecified atom stereocenters. The molecule has 0 saturated carbocycles. The molecule has 1 N–H and O–H groups in total. The minimum atomic E-state index is -3.42. The van der Waals surface area contributed by atoms with E-state index in [-0.39, 0.29) is 16.8 Å². The van der Waals surface area contributed by atoms with Gasteiger partial charge < -0.3 is 10.1 Å². The van der Waals surface area contributed by atoms with E-state index in [4.69, 9.17) is 4.74 Å². The average molecular weight is 324 g/mol. The van der Waals surface area contributed by atoms with Gasteiger partial charge in [-0.25, -0.2) is 8.42 Å². The number of rotatable bonds is 4. The first-order valence-electron chi connectivity index (χ1n) is 7.56. The van der Waals surface area contributed by atoms with Gasteiger partial charge in [-0.1, -0.05) is 0 Å². The Labute approximate surface area is 130 Å². The highest BCUT2D eigenvalue weighted by Crippen LogP contribution is 2.21. The van der Waals surface area contributed by atoms with Crippen LogP contribution in [0.15, 0.2) is 29.2 Å². The van der Waals surface area contributed by atoms with Crippen molar-refractivity contribution in [3.8, 4) is 0 Å². The fraction of sp³-hybridized carbons (Fsp3) is 0.533. The zero-order chi connectivity index (χ0) is 15.6. The van der Waals surface area contributed by atoms with Gasteiger partial charge in [0, 0.05) is 25.3 Å². The number of nitrogens with one attached hydrogen (secondary N) is 1. The van der Waals surface area contributed by atoms with Crippen molar-refractivity contribution < 1.29 is 17.9 Å². The average Bonchev–Trinajstić information content (AvgIpc) is 3.21. The molecule has 0 aliphatic carbocycles. The van der Waals surface area contributed by atoms with Crippen LogP contribution in [0.4, 0.5) is 0 Å². The Morgan fingerprint density at radius 2 is 1.86 bits per heavy atom. The quantitative estimate of drug-likeness (QED) is 0.896. The molecule has 0 radical (unpaired) electrons. The van der Waals surface area contributed by atoms with Gasteiger partial charge in [-0.3, -0.25) is 4.79 Å². The maximum absolute atomic E-state index is 12.4. The van der Waals surface area contributed by atoms with Gasteiger partial charge in [0.1, 0.15) is 0 Å². The Balaban J connectivity index is 1.70. The molecule has 0 aromatic heterocycles. The Bertz CT molecular complexity index is 630. The van der Waals surface area contributed by atoms with Gasteiger partial charge in [-0.15, -0.1) is 0 Å². The second-order valence-corrected chi connectivity index (χ2v) is 7.61. The molecule has 2 heterocycles. The lowest BCUT2D eigenvalue weighted by atomic mass is 10.2. The van der Waals surface area contributed by atoms with Crippen LogP contribution in [0.1, 0.15) is 29.6 Å². The Morgan fingerprint density at radius 3 is 2.45 bits per heavy atom. The first-order chi connectivity index (χ1) is 10.6. The lowest BCUT2D eigenvalue weighted by Crippen LogP contribution is -2.35. The monoisotopic (exact) mass is 324 g/mol. The number of benzene rings is 1. The number of carbonyl (C=O) groups is 1. The number of amides is 1. The highest BCUT2D eigenvalue weighted by Gasteiger charge is 2.27. The van der Waals surface area contributed by atoms with E-state index in [1.54, 1.807) is 12.1 Å². The van der Waals surface area contributed by atoms with E-state index in [1.807, 2.05) is 0 Å². The summed E-state index contributed by atoms with van der Waals surface area (Å²) in [4.78, 5) is 12.3. The van der Waals surface area contributed by atoms with Crippen molar-refractivity contribution in [3.05, 3.63) is 29.8 Å². The normalized spacial score (nSPS) is 22.8. The van der Waals surface area contributed by atoms with Crippen molar-refractivity contribution >= 4 is 15.9 Å². The Hall–Kier alpha value is -1.44. The van der Waals surface area contributed by atoms with Crippen LogP contribution in [0.2, 0.25) is 0 Å². The summed E-state index contributed by atoms with van der Waals surface area (Å²) >= 11 is 0. The first kappa shape index (κ1) is 15.5. The third-order valence-corrected chi connectivity index (χ3v) is 6.00. The molecule has 22 heavy (non-hydrogen) atoms. The van der Waals surface area contributed by atoms with Gasteiger partial charge in [0.2, 0.25) is 10.0 Å². The van der Waals surface area contributed by atoms with Crippen molar-refractivity contribution in [3.63, 3.8) is 0 Å². The molecule has 7 heteroatoms. The molecule has 0 bridgehead atoms. The molecule has 2 fully saturated rings. The van der Waals surface area contributed by atoms with Crippen molar-refractivity contribution in [2.45, 2.75) is 30.2 Å². The Kier molecular flexibility index (Phi) is 4.46. The van der Waals surface area contributed by atoms with E-state index in [9.17, 15) is 13.2 Å². The molecule has 1 aromatic carbocycles. The van der Waals surface area contributed by atoms with Gasteiger partial charge in [0.05, 0.1) is 17.5 Å². The summed E-state index contributed by atoms with van der Waals surface area (Å²) in [5.74, 6) is -0.194. The van der Waals surface area contributed by atoms with Crippen LogP contribution in [0, 0.1) is 0 Å². The maximum Gasteiger partial charge on any atom is 0.251 e. The van der Waals surface area contributed by atoms with Gasteiger partial charge in [0.25, 0.3) is 5.91 Å². The minimum Gasteiger partial charge on any atom is -0.379 e. The molecule has 0 spiro atoms. The summed E-state index contributed by atoms with van der Waals surface area (Å²) in [5, 5.41) is 2.88. The molecular formula is C15H20N2O4S. The van der Waals surface area contributed by atoms with Crippen molar-refractivity contribution in [2.24, 2.45) is 0 Å². The van der Waals surface area contributed by atoms with E-state index in [0.29, 0.717) is 31.9 Å². The molecule has 120 valence electrons. The summed E-state index contributed by atoms with van der Waals surface area (Å²) in [6.45, 7) is 2.35. The summed E-state index contributed by atoms with van der Waals surface area (Å²) < 4.78 is 31.5. The maximum atomic E-state index is 12.4. The van der Waals surface area contributed by atoms with Crippen LogP contribution in [0.3, 0.4) is 0 Å². The zero-order valence-corrected chi connectivity index (χ0v) is 13.1. The second kappa shape index (κ2) is 6.36. The highest BCUT2D eigenvalue weighted by molar-refractivity contribution is 7.89. The highest BCUT2D eigenvalue weighted by atomic mass is 32.2. The summed E-state index contributed by atoms with van der Waals surface area (Å²) in [6, 6.07) is 6.18. The molecule has 6 nitrogen and oxygen atoms in total. The molecule has 1 atom stereocenters. The van der Waals surface area contributed by atoms with Crippen LogP contribution in [0.25, 0.3) is 0 Å². The van der Waals surface area contributed by atoms with Crippen LogP contribution in [-0.2, 0) is 14.8 Å². The van der Waals surface area contributed by atoms with Gasteiger partial charge in [-0.2, -0.15) is 4.31 Å². The van der Waals surface area contributed by atoms with Crippen LogP contribution in [0.5, 0.6) is 0 Å². The topological polar surface area (TPSA) is 75.7 Å². The van der Waals surface area contributed by atoms with E-state index in [0.717, 1.165) is 19.3 Å². The molecule has 2 aliphatic rings. The second-order valence-electron chi connectivity index (χ2n) is 5.67. The fourth-order valence-corrected chi connectivity index (χ4v) is 4.29. The molecule has 1 aromatic rings. The van der Waals surface area contributed by atoms with Crippen LogP contribution in [-0.4, -0.2) is 51.0 Å². The van der Waals surface area contributed by atoms with E-state index in [2.05, 4.69) is 5.32 Å². The van der Waals surface area contributed by atoms with E-state index in [1.165, 1.54) is 16.4 Å². The molecular weight excluding hydrogens is 304 g/mol. The van der Waals surface area contributed by atoms with Crippen molar-refractivity contribution in [1.82, 2.24) is 9.62 Å². The summed E-state index contributed by atoms with van der Waals surface area (Å²) in [7, 11) is -3.42. The zero-order valence-electron chi connectivity index (χ0n) is 12.3. The number of hydrogen-bond acceptors (Lipinski definition) is 4. The third-order valence-electron chi connectivity index (χ3n) is 4.08. The van der Waals surface area contributed by atoms with Gasteiger partial charge in [-0.05, 0) is 43.5 Å². The SMILES string of the molecule is O=C(N[C@H]1CCOC1)c1ccc(S(=O)(=O)N2CCCC2)cc1. The third kappa shape index (κ3) is 3.16. The predicted octanol–water partition coefficient (Wildman–Crippen LogP) is 0.990. The van der Waals surface area contributed by atoms with Gasteiger partial charge >= 0.3 is 0 Å². The molecule has 2 saturated heterocycles. The first-order valence-corrected chi connectivity index (χ1v) is 9.00. The number of nitrogens with zero attached hydrogens (tertiary/aromatic N) is 1. The fourth-order valence-electron chi connectivity index (χ4n) is 2.77. The lowest BCUT2D eigenvalue weighted by molar-refractivity contribution is 0.0930. The Morgan fingerprint density at radius 1 is 1.18 bits per heavy atom. The number of carbonyl (C=O) groups excluding carboxylic acids is 1. The number of ether oxygens (including phenoxy) is 1. The number of sulfonamides is 1. The standard InChI is InChI=1S/C15H20N2O4S/c18-15(16-13-7-10-21-11-13)12-3-5-14(6-4-12)22(19,20)17-8-1-2-9-17/h3-6,13H,1-2,7-11H2,(H,16,18)/t13-/m0/s1. The smallest absolute Gasteiger partial charge is 0.251 e. The van der Waals surface area contributed by atoms with Crippen LogP contribution >= 0.6 is 0 Å². The van der Waals surface area contributed by atoms with Gasteiger partial charge in [0.15, 0.2) is 0 Å². The molecule has 2 aliphatic heterocycles. The van der Waals surface area contributed by atoms with E-state index >= 15 is 0 Å². The predicted molar refractivity (Wildman–Crippen MR) is 81.1 cm³/mol. The molecule has 3 rings (SSSR count). The van der Waals surface area contributed by atoms with Crippen LogP contribution < -0.4 is 5.32 Å². The summed E-state index contributed by atoms with van der Waals surface area (Å²) in [5.41, 5.74) is 0.465. The van der Waals surface area contributed by atoms with Crippen molar-refractivity contribution in [1.29, 1.82) is 0 Å². The molecule has 1 amide bonds. The van der Waals surface area contributed by atoms with Crippen molar-refractivity contribution in [2.75, 3.05) is 26.3 Å². The minimum absolute atomic E-state index is 0.0421. The summed E-state index contributed by atoms with van der Waals surface area (Å²) in [6.07, 6.45) is 2.62.